The standard InChI is InChI=1S/C18H15BrFN3O2/c1-22(9-12-2-5-14(20)6-3-12)17(24)10-23-11-21-16-7-4-13(19)8-15(16)18(23)25/h2-8,11H,9-10H2,1H3. The first-order valence-corrected chi connectivity index (χ1v) is 8.36. The van der Waals surface area contributed by atoms with Crippen molar-refractivity contribution in [2.75, 3.05) is 7.05 Å². The maximum Gasteiger partial charge on any atom is 0.261 e. The van der Waals surface area contributed by atoms with Gasteiger partial charge in [0.15, 0.2) is 0 Å². The van der Waals surface area contributed by atoms with Crippen LogP contribution in [0.5, 0.6) is 0 Å². The molecule has 0 aliphatic carbocycles. The molecule has 0 saturated carbocycles. The van der Waals surface area contributed by atoms with E-state index in [0.717, 1.165) is 10.0 Å². The van der Waals surface area contributed by atoms with Crippen LogP contribution in [0.25, 0.3) is 10.9 Å². The molecule has 3 rings (SSSR count). The number of fused-ring (bicyclic) bond motifs is 1. The zero-order valence-corrected chi connectivity index (χ0v) is 15.0. The van der Waals surface area contributed by atoms with Crippen molar-refractivity contribution < 1.29 is 9.18 Å². The number of hydrogen-bond donors (Lipinski definition) is 0. The molecule has 1 amide bonds. The minimum atomic E-state index is -0.322. The highest BCUT2D eigenvalue weighted by Crippen LogP contribution is 2.15. The van der Waals surface area contributed by atoms with Crippen molar-refractivity contribution in [3.63, 3.8) is 0 Å². The summed E-state index contributed by atoms with van der Waals surface area (Å²) in [6, 6.07) is 11.2. The number of benzene rings is 2. The van der Waals surface area contributed by atoms with Gasteiger partial charge < -0.3 is 4.90 Å². The molecule has 7 heteroatoms. The zero-order valence-electron chi connectivity index (χ0n) is 13.4. The molecule has 0 atom stereocenters. The molecule has 0 aliphatic heterocycles. The molecule has 0 radical (unpaired) electrons. The molecule has 1 aromatic heterocycles. The Morgan fingerprint density at radius 2 is 1.96 bits per heavy atom. The van der Waals surface area contributed by atoms with E-state index in [1.165, 1.54) is 27.9 Å². The smallest absolute Gasteiger partial charge is 0.261 e. The van der Waals surface area contributed by atoms with E-state index in [4.69, 9.17) is 0 Å². The summed E-state index contributed by atoms with van der Waals surface area (Å²) in [5.74, 6) is -0.555. The van der Waals surface area contributed by atoms with Crippen LogP contribution in [0.1, 0.15) is 5.56 Å². The number of amides is 1. The summed E-state index contributed by atoms with van der Waals surface area (Å²) in [5, 5.41) is 0.450. The highest BCUT2D eigenvalue weighted by Gasteiger charge is 2.13. The molecule has 128 valence electrons. The topological polar surface area (TPSA) is 55.2 Å². The summed E-state index contributed by atoms with van der Waals surface area (Å²) in [5.41, 5.74) is 1.12. The molecular formula is C18H15BrFN3O2. The van der Waals surface area contributed by atoms with Gasteiger partial charge in [-0.2, -0.15) is 0 Å². The summed E-state index contributed by atoms with van der Waals surface area (Å²) in [6.07, 6.45) is 1.38. The fourth-order valence-corrected chi connectivity index (χ4v) is 2.82. The van der Waals surface area contributed by atoms with Crippen LogP contribution in [-0.4, -0.2) is 27.4 Å². The molecule has 0 spiro atoms. The van der Waals surface area contributed by atoms with E-state index in [0.29, 0.717) is 17.4 Å². The second kappa shape index (κ2) is 7.14. The van der Waals surface area contributed by atoms with Gasteiger partial charge in [-0.25, -0.2) is 9.37 Å². The molecule has 25 heavy (non-hydrogen) atoms. The number of likely N-dealkylation sites (N-methyl/N-ethyl adjacent to an activating group) is 1. The van der Waals surface area contributed by atoms with Gasteiger partial charge in [0.2, 0.25) is 5.91 Å². The predicted octanol–water partition coefficient (Wildman–Crippen LogP) is 2.96. The van der Waals surface area contributed by atoms with Crippen LogP contribution < -0.4 is 5.56 Å². The SMILES string of the molecule is CN(Cc1ccc(F)cc1)C(=O)Cn1cnc2ccc(Br)cc2c1=O. The van der Waals surface area contributed by atoms with Crippen LogP contribution in [0, 0.1) is 5.82 Å². The van der Waals surface area contributed by atoms with Crippen molar-refractivity contribution in [1.82, 2.24) is 14.5 Å². The minimum absolute atomic E-state index is 0.105. The number of rotatable bonds is 4. The second-order valence-electron chi connectivity index (χ2n) is 5.72. The Kier molecular flexibility index (Phi) is 4.94. The van der Waals surface area contributed by atoms with E-state index in [1.54, 1.807) is 37.4 Å². The molecular weight excluding hydrogens is 389 g/mol. The van der Waals surface area contributed by atoms with Crippen LogP contribution in [0.2, 0.25) is 0 Å². The Morgan fingerprint density at radius 1 is 1.24 bits per heavy atom. The third-order valence-electron chi connectivity index (χ3n) is 3.85. The van der Waals surface area contributed by atoms with Crippen LogP contribution in [0.15, 0.2) is 58.1 Å². The lowest BCUT2D eigenvalue weighted by Gasteiger charge is -2.18. The van der Waals surface area contributed by atoms with Crippen LogP contribution >= 0.6 is 15.9 Å². The quantitative estimate of drug-likeness (QED) is 0.672. The Labute approximate surface area is 151 Å². The zero-order chi connectivity index (χ0) is 18.0. The van der Waals surface area contributed by atoms with Gasteiger partial charge in [-0.1, -0.05) is 28.1 Å². The second-order valence-corrected chi connectivity index (χ2v) is 6.63. The number of halogens is 2. The highest BCUT2D eigenvalue weighted by atomic mass is 79.9. The number of hydrogen-bond acceptors (Lipinski definition) is 3. The van der Waals surface area contributed by atoms with Crippen molar-refractivity contribution in [2.45, 2.75) is 13.1 Å². The Balaban J connectivity index is 1.78. The van der Waals surface area contributed by atoms with E-state index in [1.807, 2.05) is 0 Å². The van der Waals surface area contributed by atoms with Crippen molar-refractivity contribution in [1.29, 1.82) is 0 Å². The molecule has 0 aliphatic rings. The lowest BCUT2D eigenvalue weighted by atomic mass is 10.2. The average Bonchev–Trinajstić information content (AvgIpc) is 2.59. The van der Waals surface area contributed by atoms with Gasteiger partial charge in [0.25, 0.3) is 5.56 Å². The first-order chi connectivity index (χ1) is 11.9. The third kappa shape index (κ3) is 3.93. The van der Waals surface area contributed by atoms with Gasteiger partial charge in [0, 0.05) is 18.1 Å². The molecule has 2 aromatic carbocycles. The maximum absolute atomic E-state index is 12.9. The summed E-state index contributed by atoms with van der Waals surface area (Å²) < 4.78 is 15.0. The average molecular weight is 404 g/mol. The maximum atomic E-state index is 12.9. The van der Waals surface area contributed by atoms with E-state index in [9.17, 15) is 14.0 Å². The molecule has 0 fully saturated rings. The lowest BCUT2D eigenvalue weighted by molar-refractivity contribution is -0.131. The molecule has 0 N–H and O–H groups in total. The number of carbonyl (C=O) groups is 1. The fourth-order valence-electron chi connectivity index (χ4n) is 2.46. The number of nitrogens with zero attached hydrogens (tertiary/aromatic N) is 3. The van der Waals surface area contributed by atoms with Crippen LogP contribution in [0.4, 0.5) is 4.39 Å². The van der Waals surface area contributed by atoms with Crippen LogP contribution in [0.3, 0.4) is 0 Å². The van der Waals surface area contributed by atoms with Crippen molar-refractivity contribution in [3.05, 3.63) is 75.0 Å². The molecule has 0 unspecified atom stereocenters. The minimum Gasteiger partial charge on any atom is -0.340 e. The summed E-state index contributed by atoms with van der Waals surface area (Å²) in [6.45, 7) is 0.229. The Morgan fingerprint density at radius 3 is 2.68 bits per heavy atom. The van der Waals surface area contributed by atoms with E-state index < -0.39 is 0 Å². The van der Waals surface area contributed by atoms with Crippen molar-refractivity contribution in [2.24, 2.45) is 0 Å². The van der Waals surface area contributed by atoms with Gasteiger partial charge in [-0.3, -0.25) is 14.2 Å². The largest absolute Gasteiger partial charge is 0.340 e. The summed E-state index contributed by atoms with van der Waals surface area (Å²) >= 11 is 3.33. The lowest BCUT2D eigenvalue weighted by Crippen LogP contribution is -2.33. The van der Waals surface area contributed by atoms with Gasteiger partial charge in [-0.15, -0.1) is 0 Å². The van der Waals surface area contributed by atoms with Crippen LogP contribution in [-0.2, 0) is 17.9 Å². The monoisotopic (exact) mass is 403 g/mol. The molecule has 5 nitrogen and oxygen atoms in total. The Bertz CT molecular complexity index is 986. The van der Waals surface area contributed by atoms with Gasteiger partial charge in [-0.05, 0) is 35.9 Å². The highest BCUT2D eigenvalue weighted by molar-refractivity contribution is 9.10. The molecule has 0 bridgehead atoms. The first-order valence-electron chi connectivity index (χ1n) is 7.57. The van der Waals surface area contributed by atoms with Gasteiger partial charge in [0.05, 0.1) is 17.2 Å². The van der Waals surface area contributed by atoms with E-state index in [2.05, 4.69) is 20.9 Å². The predicted molar refractivity (Wildman–Crippen MR) is 96.6 cm³/mol. The van der Waals surface area contributed by atoms with E-state index >= 15 is 0 Å². The van der Waals surface area contributed by atoms with Crippen molar-refractivity contribution in [3.8, 4) is 0 Å². The fraction of sp³-hybridized carbons (Fsp3) is 0.167. The molecule has 1 heterocycles. The normalized spacial score (nSPS) is 10.8. The van der Waals surface area contributed by atoms with E-state index in [-0.39, 0.29) is 23.8 Å². The summed E-state index contributed by atoms with van der Waals surface area (Å²) in [7, 11) is 1.64. The summed E-state index contributed by atoms with van der Waals surface area (Å²) in [4.78, 5) is 30.6. The van der Waals surface area contributed by atoms with Gasteiger partial charge in [0.1, 0.15) is 12.4 Å². The Hall–Kier alpha value is -2.54. The van der Waals surface area contributed by atoms with Gasteiger partial charge >= 0.3 is 0 Å². The number of carbonyl (C=O) groups excluding carboxylic acids is 1. The first kappa shape index (κ1) is 17.3. The molecule has 3 aromatic rings. The van der Waals surface area contributed by atoms with Crippen molar-refractivity contribution >= 4 is 32.7 Å². The number of aromatic nitrogens is 2. The third-order valence-corrected chi connectivity index (χ3v) is 4.34. The molecule has 0 saturated heterocycles.